The first kappa shape index (κ1) is 15.0. The molecule has 0 radical (unpaired) electrons. The highest BCUT2D eigenvalue weighted by molar-refractivity contribution is 9.10. The molecular weight excluding hydrogens is 340 g/mol. The van der Waals surface area contributed by atoms with E-state index in [4.69, 9.17) is 10.5 Å². The fourth-order valence-electron chi connectivity index (χ4n) is 1.71. The number of hydrogen-bond donors (Lipinski definition) is 1. The van der Waals surface area contributed by atoms with Gasteiger partial charge < -0.3 is 10.5 Å². The second kappa shape index (κ2) is 6.85. The number of aromatic nitrogens is 1. The Hall–Kier alpha value is -1.40. The Morgan fingerprint density at radius 1 is 1.50 bits per heavy atom. The van der Waals surface area contributed by atoms with Gasteiger partial charge in [0.15, 0.2) is 0 Å². The number of thiophene rings is 1. The topological polar surface area (TPSA) is 65.2 Å². The van der Waals surface area contributed by atoms with Gasteiger partial charge in [-0.3, -0.25) is 0 Å². The summed E-state index contributed by atoms with van der Waals surface area (Å²) in [7, 11) is 0. The molecule has 2 aromatic heterocycles. The first-order valence-electron chi connectivity index (χ1n) is 6.30. The lowest BCUT2D eigenvalue weighted by molar-refractivity contribution is 0.0502. The predicted octanol–water partition coefficient (Wildman–Crippen LogP) is 4.11. The van der Waals surface area contributed by atoms with Crippen molar-refractivity contribution in [3.63, 3.8) is 0 Å². The quantitative estimate of drug-likeness (QED) is 0.498. The molecule has 0 atom stereocenters. The summed E-state index contributed by atoms with van der Waals surface area (Å²) in [5, 5.41) is 2.30. The second-order valence-electron chi connectivity index (χ2n) is 4.22. The maximum Gasteiger partial charge on any atom is 0.341 e. The lowest BCUT2D eigenvalue weighted by Gasteiger charge is -2.06. The van der Waals surface area contributed by atoms with E-state index < -0.39 is 0 Å². The maximum absolute atomic E-state index is 12.1. The van der Waals surface area contributed by atoms with Crippen LogP contribution in [0.5, 0.6) is 0 Å². The molecule has 0 aromatic carbocycles. The molecule has 20 heavy (non-hydrogen) atoms. The summed E-state index contributed by atoms with van der Waals surface area (Å²) in [6, 6.07) is 5.54. The Kier molecular flexibility index (Phi) is 5.14. The molecule has 4 nitrogen and oxygen atoms in total. The molecule has 2 rings (SSSR count). The zero-order chi connectivity index (χ0) is 14.5. The molecule has 2 heterocycles. The van der Waals surface area contributed by atoms with E-state index in [1.54, 1.807) is 0 Å². The van der Waals surface area contributed by atoms with Crippen LogP contribution in [0.15, 0.2) is 28.2 Å². The van der Waals surface area contributed by atoms with Crippen LogP contribution in [0.4, 0.5) is 5.00 Å². The molecule has 2 N–H and O–H groups in total. The van der Waals surface area contributed by atoms with Gasteiger partial charge in [-0.15, -0.1) is 11.3 Å². The molecular formula is C14H15BrN2O2S. The zero-order valence-electron chi connectivity index (χ0n) is 11.1. The predicted molar refractivity (Wildman–Crippen MR) is 84.9 cm³/mol. The van der Waals surface area contributed by atoms with Crippen molar-refractivity contribution in [3.8, 4) is 11.3 Å². The Bertz CT molecular complexity index is 613. The number of esters is 1. The maximum atomic E-state index is 12.1. The van der Waals surface area contributed by atoms with Crippen LogP contribution in [-0.2, 0) is 4.74 Å². The first-order chi connectivity index (χ1) is 9.63. The standard InChI is InChI=1S/C14H15BrN2O2S/c1-2-3-7-19-14(18)12-9(8-20-13(12)16)10-5-4-6-11(15)17-10/h4-6,8H,2-3,7,16H2,1H3. The summed E-state index contributed by atoms with van der Waals surface area (Å²) in [5.74, 6) is -0.381. The van der Waals surface area contributed by atoms with E-state index in [2.05, 4.69) is 20.9 Å². The molecule has 2 aromatic rings. The van der Waals surface area contributed by atoms with Gasteiger partial charge in [-0.25, -0.2) is 9.78 Å². The van der Waals surface area contributed by atoms with Crippen LogP contribution in [0.25, 0.3) is 11.3 Å². The van der Waals surface area contributed by atoms with Crippen molar-refractivity contribution in [3.05, 3.63) is 33.7 Å². The van der Waals surface area contributed by atoms with Gasteiger partial charge in [0, 0.05) is 10.9 Å². The minimum absolute atomic E-state index is 0.381. The number of nitrogens with zero attached hydrogens (tertiary/aromatic N) is 1. The van der Waals surface area contributed by atoms with Crippen molar-refractivity contribution in [2.75, 3.05) is 12.3 Å². The number of halogens is 1. The molecule has 0 amide bonds. The number of unbranched alkanes of at least 4 members (excludes halogenated alkanes) is 1. The molecule has 0 aliphatic rings. The molecule has 6 heteroatoms. The van der Waals surface area contributed by atoms with Gasteiger partial charge in [-0.1, -0.05) is 19.4 Å². The first-order valence-corrected chi connectivity index (χ1v) is 7.97. The minimum Gasteiger partial charge on any atom is -0.462 e. The summed E-state index contributed by atoms with van der Waals surface area (Å²) in [6.07, 6.45) is 1.83. The number of carbonyl (C=O) groups excluding carboxylic acids is 1. The molecule has 0 unspecified atom stereocenters. The third kappa shape index (κ3) is 3.37. The van der Waals surface area contributed by atoms with E-state index in [-0.39, 0.29) is 5.97 Å². The van der Waals surface area contributed by atoms with Crippen LogP contribution in [-0.4, -0.2) is 17.6 Å². The Balaban J connectivity index is 2.30. The molecule has 0 saturated heterocycles. The fourth-order valence-corrected chi connectivity index (χ4v) is 2.85. The lowest BCUT2D eigenvalue weighted by atomic mass is 10.1. The molecule has 0 aliphatic carbocycles. The van der Waals surface area contributed by atoms with Crippen LogP contribution in [0.3, 0.4) is 0 Å². The summed E-state index contributed by atoms with van der Waals surface area (Å²) in [4.78, 5) is 16.5. The van der Waals surface area contributed by atoms with Crippen molar-refractivity contribution in [2.45, 2.75) is 19.8 Å². The second-order valence-corrected chi connectivity index (χ2v) is 5.95. The Labute approximate surface area is 130 Å². The molecule has 0 saturated carbocycles. The number of anilines is 1. The number of pyridine rings is 1. The lowest BCUT2D eigenvalue weighted by Crippen LogP contribution is -2.08. The summed E-state index contributed by atoms with van der Waals surface area (Å²) < 4.78 is 5.96. The highest BCUT2D eigenvalue weighted by Crippen LogP contribution is 2.33. The van der Waals surface area contributed by atoms with Gasteiger partial charge in [-0.2, -0.15) is 0 Å². The van der Waals surface area contributed by atoms with Gasteiger partial charge in [0.25, 0.3) is 0 Å². The van der Waals surface area contributed by atoms with Gasteiger partial charge in [0.1, 0.15) is 15.2 Å². The van der Waals surface area contributed by atoms with Gasteiger partial charge in [-0.05, 0) is 34.5 Å². The Morgan fingerprint density at radius 3 is 3.00 bits per heavy atom. The molecule has 0 fully saturated rings. The minimum atomic E-state index is -0.381. The molecule has 0 aliphatic heterocycles. The third-order valence-corrected chi connectivity index (χ3v) is 4.00. The summed E-state index contributed by atoms with van der Waals surface area (Å²) in [6.45, 7) is 2.46. The number of rotatable bonds is 5. The Morgan fingerprint density at radius 2 is 2.30 bits per heavy atom. The zero-order valence-corrected chi connectivity index (χ0v) is 13.5. The third-order valence-electron chi connectivity index (χ3n) is 2.75. The van der Waals surface area contributed by atoms with Crippen molar-refractivity contribution >= 4 is 38.2 Å². The van der Waals surface area contributed by atoms with Crippen LogP contribution in [0.2, 0.25) is 0 Å². The number of ether oxygens (including phenoxy) is 1. The average Bonchev–Trinajstić information content (AvgIpc) is 2.81. The van der Waals surface area contributed by atoms with Crippen LogP contribution >= 0.6 is 27.3 Å². The molecule has 0 bridgehead atoms. The van der Waals surface area contributed by atoms with Crippen molar-refractivity contribution < 1.29 is 9.53 Å². The van der Waals surface area contributed by atoms with Crippen molar-refractivity contribution in [1.82, 2.24) is 4.98 Å². The monoisotopic (exact) mass is 354 g/mol. The van der Waals surface area contributed by atoms with Crippen molar-refractivity contribution in [1.29, 1.82) is 0 Å². The van der Waals surface area contributed by atoms with Gasteiger partial charge >= 0.3 is 5.97 Å². The van der Waals surface area contributed by atoms with E-state index in [1.807, 2.05) is 30.5 Å². The SMILES string of the molecule is CCCCOC(=O)c1c(-c2cccc(Br)n2)csc1N. The number of hydrogen-bond acceptors (Lipinski definition) is 5. The highest BCUT2D eigenvalue weighted by Gasteiger charge is 2.20. The van der Waals surface area contributed by atoms with Crippen molar-refractivity contribution in [2.24, 2.45) is 0 Å². The van der Waals surface area contributed by atoms with E-state index >= 15 is 0 Å². The van der Waals surface area contributed by atoms with Crippen LogP contribution in [0, 0.1) is 0 Å². The summed E-state index contributed by atoms with van der Waals surface area (Å²) in [5.41, 5.74) is 7.74. The highest BCUT2D eigenvalue weighted by atomic mass is 79.9. The summed E-state index contributed by atoms with van der Waals surface area (Å²) >= 11 is 4.64. The normalized spacial score (nSPS) is 10.5. The molecule has 106 valence electrons. The van der Waals surface area contributed by atoms with E-state index in [0.717, 1.165) is 18.4 Å². The van der Waals surface area contributed by atoms with Crippen LogP contribution in [0.1, 0.15) is 30.1 Å². The smallest absolute Gasteiger partial charge is 0.341 e. The number of nitrogen functional groups attached to an aromatic ring is 1. The van der Waals surface area contributed by atoms with E-state index in [9.17, 15) is 4.79 Å². The van der Waals surface area contributed by atoms with Crippen LogP contribution < -0.4 is 5.73 Å². The van der Waals surface area contributed by atoms with E-state index in [1.165, 1.54) is 11.3 Å². The molecule has 0 spiro atoms. The van der Waals surface area contributed by atoms with E-state index in [0.29, 0.717) is 27.5 Å². The largest absolute Gasteiger partial charge is 0.462 e. The fraction of sp³-hybridized carbons (Fsp3) is 0.286. The number of carbonyl (C=O) groups is 1. The number of nitrogens with two attached hydrogens (primary N) is 1. The van der Waals surface area contributed by atoms with Gasteiger partial charge in [0.2, 0.25) is 0 Å². The average molecular weight is 355 g/mol. The van der Waals surface area contributed by atoms with Gasteiger partial charge in [0.05, 0.1) is 12.3 Å².